The summed E-state index contributed by atoms with van der Waals surface area (Å²) in [6.45, 7) is -0.344. The van der Waals surface area contributed by atoms with Crippen molar-refractivity contribution in [2.75, 3.05) is 32.9 Å². The number of carbonyl (C=O) groups is 1. The van der Waals surface area contributed by atoms with Gasteiger partial charge in [-0.1, -0.05) is 23.4 Å². The first-order chi connectivity index (χ1) is 9.63. The molecule has 1 aromatic carbocycles. The number of halogens is 1. The summed E-state index contributed by atoms with van der Waals surface area (Å²) in [5.41, 5.74) is 0.875. The molecule has 0 fully saturated rings. The highest BCUT2D eigenvalue weighted by atomic mass is 35.5. The van der Waals surface area contributed by atoms with Crippen molar-refractivity contribution >= 4 is 17.5 Å². The predicted octanol–water partition coefficient (Wildman–Crippen LogP) is 0.111. The zero-order valence-corrected chi connectivity index (χ0v) is 11.6. The van der Waals surface area contributed by atoms with E-state index in [0.29, 0.717) is 16.1 Å². The fourth-order valence-corrected chi connectivity index (χ4v) is 1.85. The van der Waals surface area contributed by atoms with Gasteiger partial charge in [-0.15, -0.1) is 0 Å². The van der Waals surface area contributed by atoms with Crippen molar-refractivity contribution in [2.45, 2.75) is 0 Å². The van der Waals surface area contributed by atoms with E-state index in [-0.39, 0.29) is 38.8 Å². The van der Waals surface area contributed by atoms with Gasteiger partial charge in [-0.25, -0.2) is 0 Å². The molecule has 0 bridgehead atoms. The molecule has 1 rings (SSSR count). The van der Waals surface area contributed by atoms with E-state index in [0.717, 1.165) is 0 Å². The lowest BCUT2D eigenvalue weighted by Gasteiger charge is -2.20. The maximum Gasteiger partial charge on any atom is 0.254 e. The lowest BCUT2D eigenvalue weighted by Crippen LogP contribution is -2.35. The molecule has 108 valence electrons. The molecule has 5 nitrogen and oxygen atoms in total. The number of rotatable bonds is 5. The molecule has 0 saturated carbocycles. The molecule has 0 unspecified atom stereocenters. The summed E-state index contributed by atoms with van der Waals surface area (Å²) < 4.78 is 0. The summed E-state index contributed by atoms with van der Waals surface area (Å²) in [5.74, 6) is 4.83. The van der Waals surface area contributed by atoms with Gasteiger partial charge in [-0.3, -0.25) is 4.79 Å². The molecule has 1 aromatic rings. The smallest absolute Gasteiger partial charge is 0.254 e. The van der Waals surface area contributed by atoms with Gasteiger partial charge in [-0.05, 0) is 18.2 Å². The van der Waals surface area contributed by atoms with Crippen LogP contribution in [0.1, 0.15) is 15.9 Å². The fourth-order valence-electron chi connectivity index (χ4n) is 1.62. The van der Waals surface area contributed by atoms with Crippen LogP contribution in [-0.4, -0.2) is 59.0 Å². The second-order valence-electron chi connectivity index (χ2n) is 3.89. The van der Waals surface area contributed by atoms with Gasteiger partial charge in [-0.2, -0.15) is 0 Å². The molecule has 0 aliphatic rings. The average molecular weight is 298 g/mol. The van der Waals surface area contributed by atoms with Crippen LogP contribution in [0.25, 0.3) is 0 Å². The number of hydrogen-bond donors (Lipinski definition) is 3. The lowest BCUT2D eigenvalue weighted by atomic mass is 10.1. The standard InChI is InChI=1S/C14H16ClNO4/c15-13-10-12(4-3-11(13)2-1-7-17)14(20)16(5-8-18)6-9-19/h3-4,10,17-19H,5-9H2. The predicted molar refractivity (Wildman–Crippen MR) is 75.5 cm³/mol. The molecule has 0 aliphatic carbocycles. The van der Waals surface area contributed by atoms with Crippen molar-refractivity contribution in [3.8, 4) is 11.8 Å². The van der Waals surface area contributed by atoms with Crippen LogP contribution in [0, 0.1) is 11.8 Å². The highest BCUT2D eigenvalue weighted by molar-refractivity contribution is 6.32. The first-order valence-corrected chi connectivity index (χ1v) is 6.42. The molecule has 0 radical (unpaired) electrons. The molecule has 0 heterocycles. The molecule has 1 amide bonds. The Kier molecular flexibility index (Phi) is 7.05. The highest BCUT2D eigenvalue weighted by Gasteiger charge is 2.15. The quantitative estimate of drug-likeness (QED) is 0.674. The first-order valence-electron chi connectivity index (χ1n) is 6.04. The SMILES string of the molecule is O=C(c1ccc(C#CCO)c(Cl)c1)N(CCO)CCO. The van der Waals surface area contributed by atoms with Crippen molar-refractivity contribution in [3.63, 3.8) is 0 Å². The summed E-state index contributed by atoms with van der Waals surface area (Å²) in [7, 11) is 0. The van der Waals surface area contributed by atoms with Gasteiger partial charge in [0.25, 0.3) is 5.91 Å². The Morgan fingerprint density at radius 3 is 2.35 bits per heavy atom. The highest BCUT2D eigenvalue weighted by Crippen LogP contribution is 2.18. The van der Waals surface area contributed by atoms with Crippen LogP contribution in [0.2, 0.25) is 5.02 Å². The zero-order chi connectivity index (χ0) is 15.0. The normalized spacial score (nSPS) is 9.80. The van der Waals surface area contributed by atoms with E-state index < -0.39 is 0 Å². The number of nitrogens with zero attached hydrogens (tertiary/aromatic N) is 1. The van der Waals surface area contributed by atoms with Crippen molar-refractivity contribution < 1.29 is 20.1 Å². The fraction of sp³-hybridized carbons (Fsp3) is 0.357. The molecular weight excluding hydrogens is 282 g/mol. The molecular formula is C14H16ClNO4. The van der Waals surface area contributed by atoms with Gasteiger partial charge in [0.15, 0.2) is 0 Å². The summed E-state index contributed by atoms with van der Waals surface area (Å²) in [5, 5.41) is 26.8. The van der Waals surface area contributed by atoms with Crippen LogP contribution in [0.3, 0.4) is 0 Å². The number of aliphatic hydroxyl groups is 3. The lowest BCUT2D eigenvalue weighted by molar-refractivity contribution is 0.0685. The van der Waals surface area contributed by atoms with E-state index in [4.69, 9.17) is 26.9 Å². The maximum absolute atomic E-state index is 12.2. The third-order valence-corrected chi connectivity index (χ3v) is 2.86. The van der Waals surface area contributed by atoms with Crippen LogP contribution >= 0.6 is 11.6 Å². The molecule has 0 saturated heterocycles. The van der Waals surface area contributed by atoms with Gasteiger partial charge >= 0.3 is 0 Å². The molecule has 0 aliphatic heterocycles. The van der Waals surface area contributed by atoms with Gasteiger partial charge in [0.1, 0.15) is 6.61 Å². The minimum atomic E-state index is -0.323. The van der Waals surface area contributed by atoms with E-state index in [2.05, 4.69) is 11.8 Å². The minimum absolute atomic E-state index is 0.142. The van der Waals surface area contributed by atoms with E-state index >= 15 is 0 Å². The Balaban J connectivity index is 2.95. The number of carbonyl (C=O) groups excluding carboxylic acids is 1. The Labute approximate surface area is 122 Å². The molecule has 0 aromatic heterocycles. The Morgan fingerprint density at radius 1 is 1.20 bits per heavy atom. The number of benzene rings is 1. The van der Waals surface area contributed by atoms with Crippen LogP contribution in [0.4, 0.5) is 0 Å². The van der Waals surface area contributed by atoms with E-state index in [1.54, 1.807) is 12.1 Å². The van der Waals surface area contributed by atoms with E-state index in [9.17, 15) is 4.79 Å². The largest absolute Gasteiger partial charge is 0.395 e. The molecule has 0 atom stereocenters. The van der Waals surface area contributed by atoms with Crippen molar-refractivity contribution in [1.29, 1.82) is 0 Å². The van der Waals surface area contributed by atoms with Crippen LogP contribution in [0.5, 0.6) is 0 Å². The monoisotopic (exact) mass is 297 g/mol. The summed E-state index contributed by atoms with van der Waals surface area (Å²) in [4.78, 5) is 13.5. The molecule has 6 heteroatoms. The second-order valence-corrected chi connectivity index (χ2v) is 4.30. The third kappa shape index (κ3) is 4.51. The van der Waals surface area contributed by atoms with Crippen molar-refractivity contribution in [1.82, 2.24) is 4.90 Å². The molecule has 20 heavy (non-hydrogen) atoms. The van der Waals surface area contributed by atoms with Crippen molar-refractivity contribution in [2.24, 2.45) is 0 Å². The maximum atomic E-state index is 12.2. The van der Waals surface area contributed by atoms with Gasteiger partial charge < -0.3 is 20.2 Å². The average Bonchev–Trinajstić information content (AvgIpc) is 2.45. The third-order valence-electron chi connectivity index (χ3n) is 2.55. The Bertz CT molecular complexity index is 516. The van der Waals surface area contributed by atoms with Gasteiger partial charge in [0, 0.05) is 24.2 Å². The zero-order valence-electron chi connectivity index (χ0n) is 10.8. The number of amides is 1. The van der Waals surface area contributed by atoms with E-state index in [1.807, 2.05) is 0 Å². The van der Waals surface area contributed by atoms with Crippen LogP contribution in [-0.2, 0) is 0 Å². The topological polar surface area (TPSA) is 81.0 Å². The summed E-state index contributed by atoms with van der Waals surface area (Å²) in [6.07, 6.45) is 0. The summed E-state index contributed by atoms with van der Waals surface area (Å²) >= 11 is 6.01. The summed E-state index contributed by atoms with van der Waals surface area (Å²) in [6, 6.07) is 4.64. The molecule has 0 spiro atoms. The van der Waals surface area contributed by atoms with Crippen LogP contribution < -0.4 is 0 Å². The first kappa shape index (κ1) is 16.5. The number of aliphatic hydroxyl groups excluding tert-OH is 3. The van der Waals surface area contributed by atoms with Gasteiger partial charge in [0.05, 0.1) is 18.2 Å². The minimum Gasteiger partial charge on any atom is -0.395 e. The van der Waals surface area contributed by atoms with Crippen molar-refractivity contribution in [3.05, 3.63) is 34.3 Å². The van der Waals surface area contributed by atoms with Gasteiger partial charge in [0.2, 0.25) is 0 Å². The Hall–Kier alpha value is -1.58. The van der Waals surface area contributed by atoms with Crippen LogP contribution in [0.15, 0.2) is 18.2 Å². The Morgan fingerprint density at radius 2 is 1.85 bits per heavy atom. The second kappa shape index (κ2) is 8.56. The van der Waals surface area contributed by atoms with E-state index in [1.165, 1.54) is 11.0 Å². The molecule has 3 N–H and O–H groups in total. The number of hydrogen-bond acceptors (Lipinski definition) is 4.